The molecule has 20 heavy (non-hydrogen) atoms. The maximum Gasteiger partial charge on any atom is 0.331 e. The Hall–Kier alpha value is -2.45. The average molecular weight is 295 g/mol. The summed E-state index contributed by atoms with van der Waals surface area (Å²) in [4.78, 5) is 21.6. The molecule has 1 aromatic carbocycles. The van der Waals surface area contributed by atoms with Gasteiger partial charge in [0.15, 0.2) is 23.3 Å². The van der Waals surface area contributed by atoms with Crippen LogP contribution in [0.3, 0.4) is 0 Å². The second-order valence-electron chi connectivity index (χ2n) is 3.58. The molecule has 0 bridgehead atoms. The van der Waals surface area contributed by atoms with Crippen molar-refractivity contribution in [2.24, 2.45) is 0 Å². The number of rotatable bonds is 4. The molecular formula is C11H6F5NO3. The number of halogens is 5. The van der Waals surface area contributed by atoms with E-state index in [1.54, 1.807) is 0 Å². The fourth-order valence-corrected chi connectivity index (χ4v) is 1.17. The zero-order chi connectivity index (χ0) is 15.6. The van der Waals surface area contributed by atoms with E-state index in [2.05, 4.69) is 6.58 Å². The Labute approximate surface area is 108 Å². The lowest BCUT2D eigenvalue weighted by Gasteiger charge is -2.09. The molecule has 0 heterocycles. The lowest BCUT2D eigenvalue weighted by molar-refractivity contribution is -0.133. The van der Waals surface area contributed by atoms with Crippen molar-refractivity contribution in [1.29, 1.82) is 0 Å². The molecule has 0 saturated heterocycles. The van der Waals surface area contributed by atoms with Gasteiger partial charge in [-0.2, -0.15) is 0 Å². The van der Waals surface area contributed by atoms with E-state index >= 15 is 0 Å². The molecule has 0 spiro atoms. The molecule has 108 valence electrons. The molecule has 0 aliphatic heterocycles. The van der Waals surface area contributed by atoms with Crippen molar-refractivity contribution < 1.29 is 36.6 Å². The molecule has 2 N–H and O–H groups in total. The first-order valence-corrected chi connectivity index (χ1v) is 4.89. The summed E-state index contributed by atoms with van der Waals surface area (Å²) in [7, 11) is 0. The highest BCUT2D eigenvalue weighted by molar-refractivity contribution is 5.99. The third-order valence-electron chi connectivity index (χ3n) is 2.15. The maximum absolute atomic E-state index is 13.2. The van der Waals surface area contributed by atoms with Gasteiger partial charge in [0.2, 0.25) is 11.7 Å². The van der Waals surface area contributed by atoms with Gasteiger partial charge in [-0.1, -0.05) is 6.58 Å². The molecule has 1 aromatic rings. The number of carbonyl (C=O) groups is 2. The molecule has 0 atom stereocenters. The van der Waals surface area contributed by atoms with E-state index in [0.717, 1.165) is 0 Å². The number of carboxylic acid groups (broad SMARTS) is 1. The Morgan fingerprint density at radius 3 is 1.75 bits per heavy atom. The lowest BCUT2D eigenvalue weighted by atomic mass is 10.2. The third-order valence-corrected chi connectivity index (χ3v) is 2.15. The van der Waals surface area contributed by atoms with Crippen LogP contribution in [0.15, 0.2) is 12.2 Å². The average Bonchev–Trinajstić information content (AvgIpc) is 2.39. The normalized spacial score (nSPS) is 10.2. The van der Waals surface area contributed by atoms with Crippen LogP contribution in [0.25, 0.3) is 0 Å². The molecule has 1 rings (SSSR count). The lowest BCUT2D eigenvalue weighted by Crippen LogP contribution is -2.18. The van der Waals surface area contributed by atoms with Gasteiger partial charge in [-0.05, 0) is 0 Å². The molecule has 9 heteroatoms. The second kappa shape index (κ2) is 5.68. The number of benzene rings is 1. The van der Waals surface area contributed by atoms with E-state index in [9.17, 15) is 31.5 Å². The van der Waals surface area contributed by atoms with Crippen LogP contribution in [0.4, 0.5) is 27.6 Å². The van der Waals surface area contributed by atoms with Crippen LogP contribution in [0.2, 0.25) is 0 Å². The minimum Gasteiger partial charge on any atom is -0.478 e. The quantitative estimate of drug-likeness (QED) is 0.388. The van der Waals surface area contributed by atoms with Crippen molar-refractivity contribution in [2.75, 3.05) is 5.32 Å². The first kappa shape index (κ1) is 15.6. The molecule has 0 aliphatic carbocycles. The van der Waals surface area contributed by atoms with Crippen LogP contribution in [-0.4, -0.2) is 17.0 Å². The van der Waals surface area contributed by atoms with Crippen LogP contribution < -0.4 is 5.32 Å². The summed E-state index contributed by atoms with van der Waals surface area (Å²) in [6.45, 7) is 2.97. The second-order valence-corrected chi connectivity index (χ2v) is 3.58. The van der Waals surface area contributed by atoms with E-state index in [-0.39, 0.29) is 0 Å². The third kappa shape index (κ3) is 2.92. The summed E-state index contributed by atoms with van der Waals surface area (Å²) >= 11 is 0. The zero-order valence-corrected chi connectivity index (χ0v) is 9.57. The fraction of sp³-hybridized carbons (Fsp3) is 0.0909. The maximum atomic E-state index is 13.2. The molecular weight excluding hydrogens is 289 g/mol. The standard InChI is InChI=1S/C11H6F5NO3/c1-3(11(19)20)2-4(18)17-10-8(15)6(13)5(12)7(14)9(10)16/h1-2H2,(H,17,18)(H,19,20). The first-order chi connectivity index (χ1) is 9.16. The Bertz CT molecular complexity index is 586. The Morgan fingerprint density at radius 2 is 1.35 bits per heavy atom. The topological polar surface area (TPSA) is 66.4 Å². The smallest absolute Gasteiger partial charge is 0.331 e. The molecule has 1 amide bonds. The van der Waals surface area contributed by atoms with Crippen molar-refractivity contribution in [3.8, 4) is 0 Å². The fourth-order valence-electron chi connectivity index (χ4n) is 1.17. The number of hydrogen-bond acceptors (Lipinski definition) is 2. The van der Waals surface area contributed by atoms with Gasteiger partial charge in [-0.15, -0.1) is 0 Å². The Kier molecular flexibility index (Phi) is 4.43. The summed E-state index contributed by atoms with van der Waals surface area (Å²) in [5, 5.41) is 9.85. The number of aliphatic carboxylic acids is 1. The summed E-state index contributed by atoms with van der Waals surface area (Å²) in [5.41, 5.74) is -2.17. The summed E-state index contributed by atoms with van der Waals surface area (Å²) < 4.78 is 64.7. The summed E-state index contributed by atoms with van der Waals surface area (Å²) in [6.07, 6.45) is -0.880. The highest BCUT2D eigenvalue weighted by Crippen LogP contribution is 2.27. The number of carbonyl (C=O) groups excluding carboxylic acids is 1. The Balaban J connectivity index is 3.08. The van der Waals surface area contributed by atoms with Gasteiger partial charge in [-0.3, -0.25) is 4.79 Å². The van der Waals surface area contributed by atoms with Crippen LogP contribution in [0, 0.1) is 29.1 Å². The molecule has 0 radical (unpaired) electrons. The highest BCUT2D eigenvalue weighted by atomic mass is 19.2. The van der Waals surface area contributed by atoms with E-state index in [1.165, 1.54) is 5.32 Å². The first-order valence-electron chi connectivity index (χ1n) is 4.89. The number of amides is 1. The van der Waals surface area contributed by atoms with Crippen molar-refractivity contribution >= 4 is 17.6 Å². The molecule has 4 nitrogen and oxygen atoms in total. The van der Waals surface area contributed by atoms with Gasteiger partial charge in [0.25, 0.3) is 0 Å². The predicted octanol–water partition coefficient (Wildman–Crippen LogP) is 2.35. The highest BCUT2D eigenvalue weighted by Gasteiger charge is 2.27. The summed E-state index contributed by atoms with van der Waals surface area (Å²) in [5.74, 6) is -14.1. The number of hydrogen-bond donors (Lipinski definition) is 2. The van der Waals surface area contributed by atoms with Crippen LogP contribution >= 0.6 is 0 Å². The molecule has 0 unspecified atom stereocenters. The zero-order valence-electron chi connectivity index (χ0n) is 9.57. The van der Waals surface area contributed by atoms with Crippen LogP contribution in [0.1, 0.15) is 6.42 Å². The van der Waals surface area contributed by atoms with E-state index < -0.39 is 58.6 Å². The molecule has 0 saturated carbocycles. The predicted molar refractivity (Wildman–Crippen MR) is 56.3 cm³/mol. The monoisotopic (exact) mass is 295 g/mol. The Morgan fingerprint density at radius 1 is 0.950 bits per heavy atom. The van der Waals surface area contributed by atoms with Crippen molar-refractivity contribution in [2.45, 2.75) is 6.42 Å². The van der Waals surface area contributed by atoms with Crippen molar-refractivity contribution in [3.05, 3.63) is 41.2 Å². The van der Waals surface area contributed by atoms with Gasteiger partial charge < -0.3 is 10.4 Å². The van der Waals surface area contributed by atoms with Crippen LogP contribution in [0.5, 0.6) is 0 Å². The van der Waals surface area contributed by atoms with Crippen molar-refractivity contribution in [3.63, 3.8) is 0 Å². The van der Waals surface area contributed by atoms with Gasteiger partial charge in [0.1, 0.15) is 5.69 Å². The van der Waals surface area contributed by atoms with Gasteiger partial charge in [0.05, 0.1) is 6.42 Å². The van der Waals surface area contributed by atoms with E-state index in [0.29, 0.717) is 0 Å². The van der Waals surface area contributed by atoms with Crippen LogP contribution in [-0.2, 0) is 9.59 Å². The number of nitrogens with one attached hydrogen (secondary N) is 1. The summed E-state index contributed by atoms with van der Waals surface area (Å²) in [6, 6.07) is 0. The SMILES string of the molecule is C=C(CC(=O)Nc1c(F)c(F)c(F)c(F)c1F)C(=O)O. The molecule has 0 fully saturated rings. The largest absolute Gasteiger partial charge is 0.478 e. The van der Waals surface area contributed by atoms with E-state index in [4.69, 9.17) is 5.11 Å². The number of carboxylic acids is 1. The van der Waals surface area contributed by atoms with Gasteiger partial charge in [0, 0.05) is 5.57 Å². The molecule has 0 aromatic heterocycles. The minimum atomic E-state index is -2.37. The van der Waals surface area contributed by atoms with Crippen molar-refractivity contribution in [1.82, 2.24) is 0 Å². The number of anilines is 1. The minimum absolute atomic E-state index is 0.619. The van der Waals surface area contributed by atoms with Gasteiger partial charge in [-0.25, -0.2) is 26.7 Å². The molecule has 0 aliphatic rings. The van der Waals surface area contributed by atoms with E-state index in [1.807, 2.05) is 0 Å². The van der Waals surface area contributed by atoms with Gasteiger partial charge >= 0.3 is 5.97 Å².